The Kier molecular flexibility index (Phi) is 2.35. The van der Waals surface area contributed by atoms with Crippen LogP contribution >= 0.6 is 0 Å². The van der Waals surface area contributed by atoms with Gasteiger partial charge >= 0.3 is 5.97 Å². The van der Waals surface area contributed by atoms with Gasteiger partial charge in [0.2, 0.25) is 0 Å². The Morgan fingerprint density at radius 2 is 2.33 bits per heavy atom. The van der Waals surface area contributed by atoms with E-state index in [-0.39, 0.29) is 6.42 Å². The molecule has 0 aliphatic heterocycles. The third-order valence-electron chi connectivity index (χ3n) is 1.52. The molecule has 1 rings (SSSR count). The van der Waals surface area contributed by atoms with E-state index in [1.807, 2.05) is 0 Å². The number of hydrogen-bond acceptors (Lipinski definition) is 4. The Morgan fingerprint density at radius 3 is 2.75 bits per heavy atom. The second kappa shape index (κ2) is 3.27. The third-order valence-corrected chi connectivity index (χ3v) is 1.52. The molecule has 5 N–H and O–H groups in total. The number of hydrogen-bond donors (Lipinski definition) is 3. The Balaban J connectivity index is 2.71. The van der Waals surface area contributed by atoms with Crippen LogP contribution in [0.2, 0.25) is 0 Å². The van der Waals surface area contributed by atoms with Gasteiger partial charge in [-0.2, -0.15) is 0 Å². The molecule has 0 saturated heterocycles. The summed E-state index contributed by atoms with van der Waals surface area (Å²) in [5.74, 6) is -0.955. The number of carbonyl (C=O) groups is 1. The molecule has 1 atom stereocenters. The average molecular weight is 170 g/mol. The number of nitrogens with two attached hydrogens (primary N) is 2. The van der Waals surface area contributed by atoms with E-state index < -0.39 is 12.0 Å². The van der Waals surface area contributed by atoms with Crippen molar-refractivity contribution in [3.63, 3.8) is 0 Å². The van der Waals surface area contributed by atoms with Gasteiger partial charge in [-0.15, -0.1) is 0 Å². The summed E-state index contributed by atoms with van der Waals surface area (Å²) in [6, 6.07) is -0.596. The van der Waals surface area contributed by atoms with Crippen molar-refractivity contribution in [3.8, 4) is 0 Å². The minimum absolute atomic E-state index is 0.149. The zero-order valence-electron chi connectivity index (χ0n) is 6.36. The molecule has 1 aromatic rings. The number of carboxylic acid groups (broad SMARTS) is 1. The summed E-state index contributed by atoms with van der Waals surface area (Å²) in [6.45, 7) is 0. The van der Waals surface area contributed by atoms with Crippen LogP contribution in [0.15, 0.2) is 16.9 Å². The number of carboxylic acids is 1. The van der Waals surface area contributed by atoms with Crippen molar-refractivity contribution in [3.05, 3.63) is 18.1 Å². The maximum absolute atomic E-state index is 10.3. The molecule has 0 amide bonds. The first-order valence-corrected chi connectivity index (χ1v) is 3.40. The second-order valence-electron chi connectivity index (χ2n) is 2.49. The van der Waals surface area contributed by atoms with E-state index in [0.29, 0.717) is 11.3 Å². The van der Waals surface area contributed by atoms with Crippen LogP contribution in [0.25, 0.3) is 0 Å². The zero-order chi connectivity index (χ0) is 9.14. The molecule has 0 spiro atoms. The van der Waals surface area contributed by atoms with Crippen molar-refractivity contribution >= 4 is 11.7 Å². The highest BCUT2D eigenvalue weighted by molar-refractivity contribution is 5.68. The fraction of sp³-hybridized carbons (Fsp3) is 0.286. The van der Waals surface area contributed by atoms with Gasteiger partial charge in [-0.1, -0.05) is 0 Å². The summed E-state index contributed by atoms with van der Waals surface area (Å²) in [7, 11) is 0. The molecule has 1 heterocycles. The highest BCUT2D eigenvalue weighted by Crippen LogP contribution is 2.21. The van der Waals surface area contributed by atoms with Gasteiger partial charge in [0, 0.05) is 11.6 Å². The van der Waals surface area contributed by atoms with Crippen molar-refractivity contribution < 1.29 is 14.3 Å². The summed E-state index contributed by atoms with van der Waals surface area (Å²) in [4.78, 5) is 10.3. The highest BCUT2D eigenvalue weighted by atomic mass is 16.4. The van der Waals surface area contributed by atoms with Gasteiger partial charge in [-0.25, -0.2) is 0 Å². The lowest BCUT2D eigenvalue weighted by Crippen LogP contribution is -2.15. The molecule has 5 nitrogen and oxygen atoms in total. The van der Waals surface area contributed by atoms with E-state index in [2.05, 4.69) is 0 Å². The van der Waals surface area contributed by atoms with Crippen LogP contribution < -0.4 is 11.5 Å². The maximum atomic E-state index is 10.3. The molecule has 0 radical (unpaired) electrons. The molecule has 0 aromatic carbocycles. The van der Waals surface area contributed by atoms with Crippen molar-refractivity contribution in [2.45, 2.75) is 12.5 Å². The molecular weight excluding hydrogens is 160 g/mol. The van der Waals surface area contributed by atoms with Gasteiger partial charge in [-0.05, 0) is 0 Å². The molecule has 1 unspecified atom stereocenters. The lowest BCUT2D eigenvalue weighted by atomic mass is 10.1. The summed E-state index contributed by atoms with van der Waals surface area (Å²) in [6.07, 6.45) is 2.55. The van der Waals surface area contributed by atoms with Gasteiger partial charge in [0.05, 0.1) is 18.4 Å². The number of furan rings is 1. The van der Waals surface area contributed by atoms with Crippen LogP contribution in [-0.2, 0) is 4.79 Å². The lowest BCUT2D eigenvalue weighted by molar-refractivity contribution is -0.137. The van der Waals surface area contributed by atoms with Gasteiger partial charge in [0.1, 0.15) is 6.26 Å². The van der Waals surface area contributed by atoms with Gasteiger partial charge in [0.25, 0.3) is 0 Å². The van der Waals surface area contributed by atoms with Crippen molar-refractivity contribution in [1.29, 1.82) is 0 Å². The van der Waals surface area contributed by atoms with E-state index in [4.69, 9.17) is 21.0 Å². The minimum atomic E-state index is -0.955. The first-order chi connectivity index (χ1) is 5.61. The van der Waals surface area contributed by atoms with Crippen LogP contribution in [0, 0.1) is 0 Å². The van der Waals surface area contributed by atoms with Gasteiger partial charge in [0.15, 0.2) is 0 Å². The SMILES string of the molecule is Nc1cocc1C(N)CC(=O)O. The minimum Gasteiger partial charge on any atom is -0.481 e. The van der Waals surface area contributed by atoms with E-state index in [9.17, 15) is 4.79 Å². The monoisotopic (exact) mass is 170 g/mol. The van der Waals surface area contributed by atoms with Crippen molar-refractivity contribution in [2.24, 2.45) is 5.73 Å². The predicted molar refractivity (Wildman–Crippen MR) is 42.3 cm³/mol. The molecule has 12 heavy (non-hydrogen) atoms. The zero-order valence-corrected chi connectivity index (χ0v) is 6.36. The molecule has 0 saturated carbocycles. The highest BCUT2D eigenvalue weighted by Gasteiger charge is 2.14. The molecular formula is C7H10N2O3. The molecule has 0 aliphatic carbocycles. The van der Waals surface area contributed by atoms with E-state index in [0.717, 1.165) is 0 Å². The molecule has 1 aromatic heterocycles. The quantitative estimate of drug-likeness (QED) is 0.606. The van der Waals surface area contributed by atoms with Crippen LogP contribution in [0.4, 0.5) is 5.69 Å². The van der Waals surface area contributed by atoms with E-state index in [1.165, 1.54) is 12.5 Å². The van der Waals surface area contributed by atoms with E-state index >= 15 is 0 Å². The van der Waals surface area contributed by atoms with Crippen LogP contribution in [0.1, 0.15) is 18.0 Å². The van der Waals surface area contributed by atoms with Crippen molar-refractivity contribution in [1.82, 2.24) is 0 Å². The maximum Gasteiger partial charge on any atom is 0.305 e. The number of nitrogen functional groups attached to an aromatic ring is 1. The van der Waals surface area contributed by atoms with Crippen molar-refractivity contribution in [2.75, 3.05) is 5.73 Å². The third kappa shape index (κ3) is 1.76. The topological polar surface area (TPSA) is 102 Å². The van der Waals surface area contributed by atoms with Crippen LogP contribution in [0.3, 0.4) is 0 Å². The predicted octanol–water partition coefficient (Wildman–Crippen LogP) is 0.336. The average Bonchev–Trinajstić information content (AvgIpc) is 2.33. The Hall–Kier alpha value is -1.49. The molecule has 0 fully saturated rings. The van der Waals surface area contributed by atoms with Crippen LogP contribution in [-0.4, -0.2) is 11.1 Å². The largest absolute Gasteiger partial charge is 0.481 e. The summed E-state index contributed by atoms with van der Waals surface area (Å²) < 4.78 is 4.75. The Bertz CT molecular complexity index is 282. The number of aliphatic carboxylic acids is 1. The smallest absolute Gasteiger partial charge is 0.305 e. The summed E-state index contributed by atoms with van der Waals surface area (Å²) in [5, 5.41) is 8.42. The molecule has 66 valence electrons. The number of rotatable bonds is 3. The Labute approximate surface area is 69.0 Å². The standard InChI is InChI=1S/C7H10N2O3/c8-5(1-7(10)11)4-2-12-3-6(4)9/h2-3,5H,1,8-9H2,(H,10,11). The normalized spacial score (nSPS) is 12.8. The second-order valence-corrected chi connectivity index (χ2v) is 2.49. The first kappa shape index (κ1) is 8.61. The van der Waals surface area contributed by atoms with Gasteiger partial charge < -0.3 is 21.0 Å². The first-order valence-electron chi connectivity index (χ1n) is 3.40. The molecule has 5 heteroatoms. The van der Waals surface area contributed by atoms with E-state index in [1.54, 1.807) is 0 Å². The summed E-state index contributed by atoms with van der Waals surface area (Å²) >= 11 is 0. The van der Waals surface area contributed by atoms with Crippen LogP contribution in [0.5, 0.6) is 0 Å². The van der Waals surface area contributed by atoms with Gasteiger partial charge in [-0.3, -0.25) is 4.79 Å². The Morgan fingerprint density at radius 1 is 1.67 bits per heavy atom. The molecule has 0 bridgehead atoms. The lowest BCUT2D eigenvalue weighted by Gasteiger charge is -2.05. The fourth-order valence-corrected chi connectivity index (χ4v) is 0.916. The molecule has 0 aliphatic rings. The number of anilines is 1. The fourth-order valence-electron chi connectivity index (χ4n) is 0.916. The summed E-state index contributed by atoms with van der Waals surface area (Å²) in [5.41, 5.74) is 11.9.